The molecule has 0 radical (unpaired) electrons. The Morgan fingerprint density at radius 3 is 2.67 bits per heavy atom. The first-order valence-electron chi connectivity index (χ1n) is 5.60. The van der Waals surface area contributed by atoms with Gasteiger partial charge < -0.3 is 20.1 Å². The molecule has 0 saturated carbocycles. The molecule has 0 spiro atoms. The van der Waals surface area contributed by atoms with Crippen molar-refractivity contribution in [3.05, 3.63) is 18.1 Å². The van der Waals surface area contributed by atoms with E-state index in [1.54, 1.807) is 20.3 Å². The van der Waals surface area contributed by atoms with Gasteiger partial charge in [-0.05, 0) is 0 Å². The van der Waals surface area contributed by atoms with Crippen molar-refractivity contribution in [3.8, 4) is 0 Å². The van der Waals surface area contributed by atoms with Gasteiger partial charge in [-0.15, -0.1) is 0 Å². The number of nitrogens with zero attached hydrogens (tertiary/aromatic N) is 2. The molecular weight excluding hydrogens is 236 g/mol. The molecule has 0 saturated heterocycles. The summed E-state index contributed by atoms with van der Waals surface area (Å²) in [5.74, 6) is 0.350. The van der Waals surface area contributed by atoms with Crippen LogP contribution in [0.1, 0.15) is 10.5 Å². The zero-order chi connectivity index (χ0) is 13.2. The van der Waals surface area contributed by atoms with Crippen molar-refractivity contribution in [1.29, 1.82) is 0 Å². The summed E-state index contributed by atoms with van der Waals surface area (Å²) in [6.07, 6.45) is 1.35. The van der Waals surface area contributed by atoms with Gasteiger partial charge in [0.05, 0.1) is 13.2 Å². The first-order valence-corrected chi connectivity index (χ1v) is 5.60. The SMILES string of the molecule is COCCNC(=O)c1cc(NCCOC)ncn1. The van der Waals surface area contributed by atoms with Crippen LogP contribution >= 0.6 is 0 Å². The number of carbonyl (C=O) groups is 1. The number of ether oxygens (including phenoxy) is 2. The van der Waals surface area contributed by atoms with E-state index < -0.39 is 0 Å². The van der Waals surface area contributed by atoms with Crippen molar-refractivity contribution in [1.82, 2.24) is 15.3 Å². The lowest BCUT2D eigenvalue weighted by molar-refractivity contribution is 0.0932. The summed E-state index contributed by atoms with van der Waals surface area (Å²) in [5, 5.41) is 5.71. The first-order chi connectivity index (χ1) is 8.77. The summed E-state index contributed by atoms with van der Waals surface area (Å²) < 4.78 is 9.75. The predicted molar refractivity (Wildman–Crippen MR) is 66.6 cm³/mol. The van der Waals surface area contributed by atoms with Gasteiger partial charge in [0.2, 0.25) is 0 Å². The number of aromatic nitrogens is 2. The minimum Gasteiger partial charge on any atom is -0.383 e. The monoisotopic (exact) mass is 254 g/mol. The van der Waals surface area contributed by atoms with Crippen LogP contribution < -0.4 is 10.6 Å². The van der Waals surface area contributed by atoms with E-state index in [1.165, 1.54) is 6.33 Å². The molecule has 1 amide bonds. The lowest BCUT2D eigenvalue weighted by Gasteiger charge is -2.06. The third kappa shape index (κ3) is 5.07. The average Bonchev–Trinajstić information content (AvgIpc) is 2.39. The smallest absolute Gasteiger partial charge is 0.270 e. The summed E-state index contributed by atoms with van der Waals surface area (Å²) in [6.45, 7) is 2.11. The maximum Gasteiger partial charge on any atom is 0.270 e. The zero-order valence-electron chi connectivity index (χ0n) is 10.6. The minimum absolute atomic E-state index is 0.246. The number of methoxy groups -OCH3 is 2. The summed E-state index contributed by atoms with van der Waals surface area (Å²) in [7, 11) is 3.20. The molecule has 1 heterocycles. The Labute approximate surface area is 106 Å². The second-order valence-electron chi connectivity index (χ2n) is 3.46. The molecule has 100 valence electrons. The molecule has 1 rings (SSSR count). The third-order valence-electron chi connectivity index (χ3n) is 2.10. The van der Waals surface area contributed by atoms with Gasteiger partial charge >= 0.3 is 0 Å². The van der Waals surface area contributed by atoms with Crippen LogP contribution in [0.15, 0.2) is 12.4 Å². The van der Waals surface area contributed by atoms with Gasteiger partial charge in [-0.1, -0.05) is 0 Å². The van der Waals surface area contributed by atoms with Gasteiger partial charge in [0.15, 0.2) is 0 Å². The van der Waals surface area contributed by atoms with E-state index in [9.17, 15) is 4.79 Å². The molecule has 7 heteroatoms. The van der Waals surface area contributed by atoms with Crippen LogP contribution in [0.4, 0.5) is 5.82 Å². The Bertz CT molecular complexity index is 373. The molecule has 0 aliphatic heterocycles. The number of amides is 1. The highest BCUT2D eigenvalue weighted by molar-refractivity contribution is 5.92. The number of carbonyl (C=O) groups excluding carboxylic acids is 1. The van der Waals surface area contributed by atoms with Crippen LogP contribution in [-0.2, 0) is 9.47 Å². The number of nitrogens with one attached hydrogen (secondary N) is 2. The van der Waals surface area contributed by atoms with Crippen LogP contribution in [0.5, 0.6) is 0 Å². The molecule has 7 nitrogen and oxygen atoms in total. The molecule has 1 aromatic heterocycles. The molecule has 1 aromatic rings. The van der Waals surface area contributed by atoms with Crippen molar-refractivity contribution in [2.45, 2.75) is 0 Å². The fraction of sp³-hybridized carbons (Fsp3) is 0.545. The van der Waals surface area contributed by atoms with Crippen LogP contribution in [0, 0.1) is 0 Å². The second-order valence-corrected chi connectivity index (χ2v) is 3.46. The van der Waals surface area contributed by atoms with Gasteiger partial charge in [-0.25, -0.2) is 9.97 Å². The molecule has 18 heavy (non-hydrogen) atoms. The molecule has 0 atom stereocenters. The van der Waals surface area contributed by atoms with Crippen molar-refractivity contribution in [3.63, 3.8) is 0 Å². The fourth-order valence-corrected chi connectivity index (χ4v) is 1.22. The highest BCUT2D eigenvalue weighted by Gasteiger charge is 2.07. The number of rotatable bonds is 8. The Balaban J connectivity index is 2.49. The Morgan fingerprint density at radius 1 is 1.22 bits per heavy atom. The molecule has 0 aliphatic carbocycles. The van der Waals surface area contributed by atoms with E-state index >= 15 is 0 Å². The van der Waals surface area contributed by atoms with E-state index in [0.717, 1.165) is 0 Å². The van der Waals surface area contributed by atoms with E-state index in [1.807, 2.05) is 0 Å². The largest absolute Gasteiger partial charge is 0.383 e. The number of anilines is 1. The van der Waals surface area contributed by atoms with Gasteiger partial charge in [-0.2, -0.15) is 0 Å². The second kappa shape index (κ2) is 8.37. The summed E-state index contributed by atoms with van der Waals surface area (Å²) in [6, 6.07) is 1.60. The summed E-state index contributed by atoms with van der Waals surface area (Å²) in [5.41, 5.74) is 0.320. The highest BCUT2D eigenvalue weighted by Crippen LogP contribution is 2.03. The fourth-order valence-electron chi connectivity index (χ4n) is 1.22. The van der Waals surface area contributed by atoms with Crippen molar-refractivity contribution in [2.24, 2.45) is 0 Å². The third-order valence-corrected chi connectivity index (χ3v) is 2.10. The summed E-state index contributed by atoms with van der Waals surface area (Å²) >= 11 is 0. The predicted octanol–water partition coefficient (Wildman–Crippen LogP) is -0.0889. The zero-order valence-corrected chi connectivity index (χ0v) is 10.6. The number of hydrogen-bond donors (Lipinski definition) is 2. The van der Waals surface area contributed by atoms with Gasteiger partial charge in [-0.3, -0.25) is 4.79 Å². The van der Waals surface area contributed by atoms with Crippen molar-refractivity contribution in [2.75, 3.05) is 45.8 Å². The van der Waals surface area contributed by atoms with E-state index in [-0.39, 0.29) is 5.91 Å². The lowest BCUT2D eigenvalue weighted by atomic mass is 10.3. The molecule has 0 aliphatic rings. The summed E-state index contributed by atoms with van der Waals surface area (Å²) in [4.78, 5) is 19.6. The van der Waals surface area contributed by atoms with E-state index in [2.05, 4.69) is 20.6 Å². The Kier molecular flexibility index (Phi) is 6.67. The molecule has 0 fully saturated rings. The molecule has 0 unspecified atom stereocenters. The Morgan fingerprint density at radius 2 is 1.94 bits per heavy atom. The maximum absolute atomic E-state index is 11.7. The Hall–Kier alpha value is -1.73. The normalized spacial score (nSPS) is 10.1. The highest BCUT2D eigenvalue weighted by atomic mass is 16.5. The van der Waals surface area contributed by atoms with Crippen LogP contribution in [0.25, 0.3) is 0 Å². The van der Waals surface area contributed by atoms with Crippen molar-refractivity contribution < 1.29 is 14.3 Å². The first kappa shape index (κ1) is 14.3. The van der Waals surface area contributed by atoms with Crippen LogP contribution in [-0.4, -0.2) is 56.4 Å². The molecule has 0 bridgehead atoms. The average molecular weight is 254 g/mol. The van der Waals surface area contributed by atoms with Gasteiger partial charge in [0.1, 0.15) is 17.8 Å². The van der Waals surface area contributed by atoms with Crippen LogP contribution in [0.2, 0.25) is 0 Å². The standard InChI is InChI=1S/C11H18N4O3/c1-17-5-3-12-10-7-9(14-8-15-10)11(16)13-4-6-18-2/h7-8H,3-6H2,1-2H3,(H,13,16)(H,12,14,15). The molecule has 0 aromatic carbocycles. The quantitative estimate of drug-likeness (QED) is 0.631. The van der Waals surface area contributed by atoms with Gasteiger partial charge in [0.25, 0.3) is 5.91 Å². The molecular formula is C11H18N4O3. The lowest BCUT2D eigenvalue weighted by Crippen LogP contribution is -2.27. The van der Waals surface area contributed by atoms with E-state index in [0.29, 0.717) is 37.8 Å². The van der Waals surface area contributed by atoms with Crippen molar-refractivity contribution >= 4 is 11.7 Å². The van der Waals surface area contributed by atoms with Crippen LogP contribution in [0.3, 0.4) is 0 Å². The molecule has 2 N–H and O–H groups in total. The topological polar surface area (TPSA) is 85.4 Å². The maximum atomic E-state index is 11.7. The minimum atomic E-state index is -0.246. The van der Waals surface area contributed by atoms with E-state index in [4.69, 9.17) is 9.47 Å². The number of hydrogen-bond acceptors (Lipinski definition) is 6. The van der Waals surface area contributed by atoms with Gasteiger partial charge in [0, 0.05) is 33.4 Å².